The molecule has 2 atom stereocenters. The van der Waals surface area contributed by atoms with Crippen LogP contribution in [0.3, 0.4) is 0 Å². The fraction of sp³-hybridized carbons (Fsp3) is 0.944. The molecule has 0 spiro atoms. The highest BCUT2D eigenvalue weighted by atomic mass is 16.6. The summed E-state index contributed by atoms with van der Waals surface area (Å²) in [5.41, 5.74) is 0.327. The van der Waals surface area contributed by atoms with Crippen molar-refractivity contribution in [2.45, 2.75) is 85.2 Å². The van der Waals surface area contributed by atoms with Gasteiger partial charge in [0.15, 0.2) is 0 Å². The van der Waals surface area contributed by atoms with Crippen molar-refractivity contribution in [2.75, 3.05) is 0 Å². The molecule has 0 radical (unpaired) electrons. The molecule has 4 aliphatic carbocycles. The zero-order valence-electron chi connectivity index (χ0n) is 13.8. The molecule has 20 heavy (non-hydrogen) atoms. The predicted octanol–water partition coefficient (Wildman–Crippen LogP) is 4.71. The molecule has 0 N–H and O–H groups in total. The minimum absolute atomic E-state index is 0.0224. The van der Waals surface area contributed by atoms with Crippen molar-refractivity contribution in [3.63, 3.8) is 0 Å². The minimum atomic E-state index is -0.342. The molecule has 2 heteroatoms. The molecule has 2 unspecified atom stereocenters. The lowest BCUT2D eigenvalue weighted by Gasteiger charge is -2.64. The summed E-state index contributed by atoms with van der Waals surface area (Å²) in [4.78, 5) is 12.6. The van der Waals surface area contributed by atoms with Crippen molar-refractivity contribution in [3.8, 4) is 0 Å². The molecular weight excluding hydrogens is 248 g/mol. The lowest BCUT2D eigenvalue weighted by Crippen LogP contribution is -2.60. The number of ether oxygens (including phenoxy) is 1. The minimum Gasteiger partial charge on any atom is -0.459 e. The van der Waals surface area contributed by atoms with E-state index in [1.54, 1.807) is 0 Å². The molecule has 0 amide bonds. The van der Waals surface area contributed by atoms with E-state index in [4.69, 9.17) is 4.74 Å². The van der Waals surface area contributed by atoms with E-state index in [1.807, 2.05) is 13.8 Å². The molecule has 0 heterocycles. The fourth-order valence-corrected chi connectivity index (χ4v) is 5.94. The van der Waals surface area contributed by atoms with Gasteiger partial charge >= 0.3 is 5.97 Å². The normalized spacial score (nSPS) is 46.5. The lowest BCUT2D eigenvalue weighted by atomic mass is 9.43. The standard InChI is InChI=1S/C18H30O2/c1-6-15(2,3)14(19)20-18-9-13-7-16(4,11-18)10-17(5,8-13)12-18/h13H,6-12H2,1-5H3. The van der Waals surface area contributed by atoms with Crippen LogP contribution in [0.2, 0.25) is 0 Å². The van der Waals surface area contributed by atoms with Gasteiger partial charge in [0.2, 0.25) is 0 Å². The van der Waals surface area contributed by atoms with Gasteiger partial charge in [-0.1, -0.05) is 20.8 Å². The van der Waals surface area contributed by atoms with Gasteiger partial charge in [0.1, 0.15) is 5.60 Å². The first-order valence-corrected chi connectivity index (χ1v) is 8.33. The second-order valence-electron chi connectivity index (χ2n) is 9.44. The van der Waals surface area contributed by atoms with Gasteiger partial charge in [-0.05, 0) is 75.5 Å². The van der Waals surface area contributed by atoms with Crippen LogP contribution >= 0.6 is 0 Å². The highest BCUT2D eigenvalue weighted by molar-refractivity contribution is 5.76. The molecule has 4 saturated carbocycles. The first-order valence-electron chi connectivity index (χ1n) is 8.33. The third kappa shape index (κ3) is 2.19. The van der Waals surface area contributed by atoms with Crippen LogP contribution in [0.15, 0.2) is 0 Å². The molecular formula is C18H30O2. The van der Waals surface area contributed by atoms with Gasteiger partial charge in [-0.3, -0.25) is 4.79 Å². The third-order valence-corrected chi connectivity index (χ3v) is 6.32. The number of esters is 1. The number of hydrogen-bond donors (Lipinski definition) is 0. The Morgan fingerprint density at radius 2 is 1.65 bits per heavy atom. The van der Waals surface area contributed by atoms with Crippen molar-refractivity contribution in [2.24, 2.45) is 22.2 Å². The van der Waals surface area contributed by atoms with Crippen LogP contribution in [0.1, 0.15) is 79.6 Å². The van der Waals surface area contributed by atoms with Crippen molar-refractivity contribution in [1.82, 2.24) is 0 Å². The van der Waals surface area contributed by atoms with Crippen LogP contribution < -0.4 is 0 Å². The van der Waals surface area contributed by atoms with E-state index < -0.39 is 0 Å². The largest absolute Gasteiger partial charge is 0.459 e. The molecule has 4 rings (SSSR count). The van der Waals surface area contributed by atoms with E-state index in [2.05, 4.69) is 20.8 Å². The Bertz CT molecular complexity index is 419. The maximum absolute atomic E-state index is 12.6. The maximum Gasteiger partial charge on any atom is 0.312 e. The topological polar surface area (TPSA) is 26.3 Å². The summed E-state index contributed by atoms with van der Waals surface area (Å²) in [7, 11) is 0. The first kappa shape index (κ1) is 14.4. The van der Waals surface area contributed by atoms with Crippen molar-refractivity contribution in [3.05, 3.63) is 0 Å². The van der Waals surface area contributed by atoms with Crippen LogP contribution in [-0.4, -0.2) is 11.6 Å². The van der Waals surface area contributed by atoms with Gasteiger partial charge in [0.25, 0.3) is 0 Å². The Hall–Kier alpha value is -0.530. The summed E-state index contributed by atoms with van der Waals surface area (Å²) in [6, 6.07) is 0. The van der Waals surface area contributed by atoms with E-state index in [0.717, 1.165) is 31.6 Å². The zero-order valence-corrected chi connectivity index (χ0v) is 13.8. The molecule has 4 bridgehead atoms. The second-order valence-corrected chi connectivity index (χ2v) is 9.44. The monoisotopic (exact) mass is 278 g/mol. The molecule has 2 nitrogen and oxygen atoms in total. The second kappa shape index (κ2) is 4.01. The fourth-order valence-electron chi connectivity index (χ4n) is 5.94. The molecule has 4 aliphatic rings. The number of hydrogen-bond acceptors (Lipinski definition) is 2. The molecule has 0 aromatic rings. The smallest absolute Gasteiger partial charge is 0.312 e. The van der Waals surface area contributed by atoms with Crippen molar-refractivity contribution >= 4 is 5.97 Å². The number of carbonyl (C=O) groups excluding carboxylic acids is 1. The Kier molecular flexibility index (Phi) is 2.89. The van der Waals surface area contributed by atoms with E-state index in [9.17, 15) is 4.79 Å². The lowest BCUT2D eigenvalue weighted by molar-refractivity contribution is -0.222. The van der Waals surface area contributed by atoms with Gasteiger partial charge < -0.3 is 4.74 Å². The maximum atomic E-state index is 12.6. The Morgan fingerprint density at radius 3 is 2.10 bits per heavy atom. The molecule has 114 valence electrons. The molecule has 0 saturated heterocycles. The summed E-state index contributed by atoms with van der Waals surface area (Å²) < 4.78 is 6.20. The highest BCUT2D eigenvalue weighted by Gasteiger charge is 2.62. The van der Waals surface area contributed by atoms with Crippen LogP contribution in [0, 0.1) is 22.2 Å². The van der Waals surface area contributed by atoms with Gasteiger partial charge in [0, 0.05) is 0 Å². The van der Waals surface area contributed by atoms with Gasteiger partial charge in [0.05, 0.1) is 5.41 Å². The van der Waals surface area contributed by atoms with Crippen molar-refractivity contribution in [1.29, 1.82) is 0 Å². The van der Waals surface area contributed by atoms with Crippen molar-refractivity contribution < 1.29 is 9.53 Å². The highest BCUT2D eigenvalue weighted by Crippen LogP contribution is 2.67. The Labute approximate surface area is 123 Å². The quantitative estimate of drug-likeness (QED) is 0.699. The summed E-state index contributed by atoms with van der Waals surface area (Å²) in [5, 5.41) is 0. The first-order chi connectivity index (χ1) is 9.10. The molecule has 0 aliphatic heterocycles. The zero-order chi connectivity index (χ0) is 14.8. The van der Waals surface area contributed by atoms with Crippen LogP contribution in [0.25, 0.3) is 0 Å². The summed E-state index contributed by atoms with van der Waals surface area (Å²) in [6.07, 6.45) is 8.17. The molecule has 0 aromatic heterocycles. The van der Waals surface area contributed by atoms with Gasteiger partial charge in [-0.25, -0.2) is 0 Å². The predicted molar refractivity (Wildman–Crippen MR) is 80.3 cm³/mol. The van der Waals surface area contributed by atoms with Gasteiger partial charge in [-0.15, -0.1) is 0 Å². The third-order valence-electron chi connectivity index (χ3n) is 6.32. The van der Waals surface area contributed by atoms with E-state index in [-0.39, 0.29) is 17.0 Å². The van der Waals surface area contributed by atoms with Gasteiger partial charge in [-0.2, -0.15) is 0 Å². The molecule has 0 aromatic carbocycles. The number of carbonyl (C=O) groups is 1. The van der Waals surface area contributed by atoms with E-state index in [0.29, 0.717) is 10.8 Å². The SMILES string of the molecule is CCC(C)(C)C(=O)OC12CC3CC(C)(CC(C)(C3)C1)C2. The van der Waals surface area contributed by atoms with E-state index >= 15 is 0 Å². The average Bonchev–Trinajstić information content (AvgIpc) is 2.22. The number of rotatable bonds is 3. The Morgan fingerprint density at radius 1 is 1.10 bits per heavy atom. The van der Waals surface area contributed by atoms with E-state index in [1.165, 1.54) is 19.3 Å². The Balaban J connectivity index is 1.84. The summed E-state index contributed by atoms with van der Waals surface area (Å²) in [5.74, 6) is 0.799. The summed E-state index contributed by atoms with van der Waals surface area (Å²) >= 11 is 0. The average molecular weight is 278 g/mol. The van der Waals surface area contributed by atoms with Crippen LogP contribution in [-0.2, 0) is 9.53 Å². The summed E-state index contributed by atoms with van der Waals surface area (Å²) in [6.45, 7) is 10.9. The van der Waals surface area contributed by atoms with Crippen LogP contribution in [0.4, 0.5) is 0 Å². The van der Waals surface area contributed by atoms with Crippen LogP contribution in [0.5, 0.6) is 0 Å². The molecule has 4 fully saturated rings.